The highest BCUT2D eigenvalue weighted by atomic mass is 16.1. The van der Waals surface area contributed by atoms with Crippen molar-refractivity contribution in [1.82, 2.24) is 9.55 Å². The largest absolute Gasteiger partial charge is 0.347 e. The second kappa shape index (κ2) is 3.46. The molecule has 14 heavy (non-hydrogen) atoms. The summed E-state index contributed by atoms with van der Waals surface area (Å²) in [5, 5.41) is 0. The maximum Gasteiger partial charge on any atom is 0.347 e. The first kappa shape index (κ1) is 8.69. The molecule has 2 rings (SSSR count). The van der Waals surface area contributed by atoms with E-state index in [0.717, 1.165) is 5.56 Å². The third kappa shape index (κ3) is 1.57. The highest BCUT2D eigenvalue weighted by molar-refractivity contribution is 5.57. The minimum Gasteiger partial charge on any atom is -0.302 e. The topological polar surface area (TPSA) is 34.9 Å². The number of nitrogens with zero attached hydrogens (tertiary/aromatic N) is 2. The Balaban J connectivity index is 2.54. The summed E-state index contributed by atoms with van der Waals surface area (Å²) in [5.74, 6) is 0. The molecular formula is C11H10N2O. The van der Waals surface area contributed by atoms with Crippen molar-refractivity contribution in [2.45, 2.75) is 0 Å². The molecule has 1 aromatic carbocycles. The molecule has 0 aliphatic carbocycles. The number of hydrogen-bond acceptors (Lipinski definition) is 2. The van der Waals surface area contributed by atoms with Crippen molar-refractivity contribution in [1.29, 1.82) is 0 Å². The van der Waals surface area contributed by atoms with Gasteiger partial charge < -0.3 is 4.57 Å². The van der Waals surface area contributed by atoms with Gasteiger partial charge in [0, 0.05) is 18.8 Å². The molecule has 0 radical (unpaired) electrons. The second-order valence-corrected chi connectivity index (χ2v) is 3.07. The first-order valence-corrected chi connectivity index (χ1v) is 4.36. The van der Waals surface area contributed by atoms with Gasteiger partial charge in [0.15, 0.2) is 0 Å². The third-order valence-electron chi connectivity index (χ3n) is 2.04. The number of benzene rings is 1. The van der Waals surface area contributed by atoms with E-state index in [1.807, 2.05) is 36.4 Å². The van der Waals surface area contributed by atoms with Crippen LogP contribution in [0, 0.1) is 0 Å². The van der Waals surface area contributed by atoms with E-state index in [-0.39, 0.29) is 5.69 Å². The summed E-state index contributed by atoms with van der Waals surface area (Å²) in [5.41, 5.74) is 1.45. The third-order valence-corrected chi connectivity index (χ3v) is 2.04. The van der Waals surface area contributed by atoms with E-state index in [4.69, 9.17) is 0 Å². The van der Waals surface area contributed by atoms with Crippen LogP contribution in [-0.4, -0.2) is 9.55 Å². The molecule has 0 aliphatic rings. The molecule has 0 bridgehead atoms. The molecule has 3 heteroatoms. The average molecular weight is 186 g/mol. The first-order chi connectivity index (χ1) is 6.77. The smallest absolute Gasteiger partial charge is 0.302 e. The summed E-state index contributed by atoms with van der Waals surface area (Å²) in [6.07, 6.45) is 1.72. The van der Waals surface area contributed by atoms with Gasteiger partial charge in [-0.15, -0.1) is 0 Å². The molecular weight excluding hydrogens is 176 g/mol. The standard InChI is InChI=1S/C11H10N2O/c1-13-8-7-10(12-11(13)14)9-5-3-2-4-6-9/h2-8H,1H3. The lowest BCUT2D eigenvalue weighted by molar-refractivity contribution is 0.813. The van der Waals surface area contributed by atoms with Crippen molar-refractivity contribution in [3.05, 3.63) is 53.1 Å². The van der Waals surface area contributed by atoms with E-state index in [2.05, 4.69) is 4.98 Å². The number of hydrogen-bond donors (Lipinski definition) is 0. The first-order valence-electron chi connectivity index (χ1n) is 4.36. The Morgan fingerprint density at radius 1 is 1.14 bits per heavy atom. The average Bonchev–Trinajstić information content (AvgIpc) is 2.23. The van der Waals surface area contributed by atoms with Crippen molar-refractivity contribution >= 4 is 0 Å². The predicted octanol–water partition coefficient (Wildman–Crippen LogP) is 1.45. The van der Waals surface area contributed by atoms with Gasteiger partial charge in [0.05, 0.1) is 5.69 Å². The van der Waals surface area contributed by atoms with Gasteiger partial charge in [-0.05, 0) is 6.07 Å². The van der Waals surface area contributed by atoms with Gasteiger partial charge in [0.2, 0.25) is 0 Å². The lowest BCUT2D eigenvalue weighted by Crippen LogP contribution is -2.19. The molecule has 0 spiro atoms. The van der Waals surface area contributed by atoms with Crippen molar-refractivity contribution in [2.75, 3.05) is 0 Å². The molecule has 0 N–H and O–H groups in total. The van der Waals surface area contributed by atoms with Gasteiger partial charge in [-0.3, -0.25) is 0 Å². The summed E-state index contributed by atoms with van der Waals surface area (Å²) in [7, 11) is 1.68. The zero-order valence-corrected chi connectivity index (χ0v) is 7.84. The van der Waals surface area contributed by atoms with Crippen LogP contribution in [0.15, 0.2) is 47.4 Å². The number of aromatic nitrogens is 2. The fourth-order valence-corrected chi connectivity index (χ4v) is 1.24. The van der Waals surface area contributed by atoms with Crippen molar-refractivity contribution in [3.8, 4) is 11.3 Å². The lowest BCUT2D eigenvalue weighted by atomic mass is 10.1. The lowest BCUT2D eigenvalue weighted by Gasteiger charge is -2.00. The second-order valence-electron chi connectivity index (χ2n) is 3.07. The summed E-state index contributed by atoms with van der Waals surface area (Å²) in [4.78, 5) is 15.2. The highest BCUT2D eigenvalue weighted by Gasteiger charge is 1.99. The van der Waals surface area contributed by atoms with Gasteiger partial charge >= 0.3 is 5.69 Å². The zero-order chi connectivity index (χ0) is 9.97. The Bertz CT molecular complexity index is 488. The SMILES string of the molecule is Cn1ccc(-c2ccccc2)nc1=O. The Hall–Kier alpha value is -1.90. The van der Waals surface area contributed by atoms with E-state index in [1.165, 1.54) is 4.57 Å². The van der Waals surface area contributed by atoms with Gasteiger partial charge in [-0.25, -0.2) is 4.79 Å². The minimum atomic E-state index is -0.230. The molecule has 0 atom stereocenters. The quantitative estimate of drug-likeness (QED) is 0.675. The van der Waals surface area contributed by atoms with Crippen LogP contribution >= 0.6 is 0 Å². The Kier molecular flexibility index (Phi) is 2.14. The molecule has 0 aliphatic heterocycles. The highest BCUT2D eigenvalue weighted by Crippen LogP contribution is 2.13. The van der Waals surface area contributed by atoms with E-state index < -0.39 is 0 Å². The van der Waals surface area contributed by atoms with E-state index in [1.54, 1.807) is 13.2 Å². The molecule has 0 amide bonds. The van der Waals surface area contributed by atoms with Gasteiger partial charge in [-0.2, -0.15) is 4.98 Å². The van der Waals surface area contributed by atoms with Crippen LogP contribution in [0.1, 0.15) is 0 Å². The van der Waals surface area contributed by atoms with Gasteiger partial charge in [0.25, 0.3) is 0 Å². The van der Waals surface area contributed by atoms with E-state index in [9.17, 15) is 4.79 Å². The molecule has 0 fully saturated rings. The van der Waals surface area contributed by atoms with Gasteiger partial charge in [-0.1, -0.05) is 30.3 Å². The van der Waals surface area contributed by atoms with Crippen LogP contribution in [0.4, 0.5) is 0 Å². The zero-order valence-electron chi connectivity index (χ0n) is 7.84. The summed E-state index contributed by atoms with van der Waals surface area (Å²) in [6.45, 7) is 0. The van der Waals surface area contributed by atoms with Crippen LogP contribution in [0.25, 0.3) is 11.3 Å². The normalized spacial score (nSPS) is 10.1. The van der Waals surface area contributed by atoms with Crippen LogP contribution in [0.2, 0.25) is 0 Å². The Morgan fingerprint density at radius 3 is 2.50 bits per heavy atom. The van der Waals surface area contributed by atoms with Crippen LogP contribution in [0.3, 0.4) is 0 Å². The molecule has 1 aromatic heterocycles. The van der Waals surface area contributed by atoms with Crippen LogP contribution in [0.5, 0.6) is 0 Å². The van der Waals surface area contributed by atoms with Crippen molar-refractivity contribution in [3.63, 3.8) is 0 Å². The molecule has 0 saturated carbocycles. The number of rotatable bonds is 1. The molecule has 1 heterocycles. The molecule has 0 saturated heterocycles. The molecule has 70 valence electrons. The van der Waals surface area contributed by atoms with E-state index >= 15 is 0 Å². The predicted molar refractivity (Wildman–Crippen MR) is 54.9 cm³/mol. The molecule has 3 nitrogen and oxygen atoms in total. The van der Waals surface area contributed by atoms with Crippen LogP contribution < -0.4 is 5.69 Å². The van der Waals surface area contributed by atoms with Gasteiger partial charge in [0.1, 0.15) is 0 Å². The van der Waals surface area contributed by atoms with Crippen molar-refractivity contribution < 1.29 is 0 Å². The Morgan fingerprint density at radius 2 is 1.86 bits per heavy atom. The summed E-state index contributed by atoms with van der Waals surface area (Å²) in [6, 6.07) is 11.5. The minimum absolute atomic E-state index is 0.230. The fourth-order valence-electron chi connectivity index (χ4n) is 1.24. The van der Waals surface area contributed by atoms with Crippen molar-refractivity contribution in [2.24, 2.45) is 7.05 Å². The molecule has 0 unspecified atom stereocenters. The Labute approximate surface area is 81.7 Å². The maximum atomic E-state index is 11.3. The van der Waals surface area contributed by atoms with E-state index in [0.29, 0.717) is 5.69 Å². The van der Waals surface area contributed by atoms with Crippen LogP contribution in [-0.2, 0) is 7.05 Å². The summed E-state index contributed by atoms with van der Waals surface area (Å²) >= 11 is 0. The fraction of sp³-hybridized carbons (Fsp3) is 0.0909. The maximum absolute atomic E-state index is 11.3. The summed E-state index contributed by atoms with van der Waals surface area (Å²) < 4.78 is 1.45. The number of aryl methyl sites for hydroxylation is 1. The molecule has 2 aromatic rings. The monoisotopic (exact) mass is 186 g/mol.